The molecule has 6 nitrogen and oxygen atoms in total. The van der Waals surface area contributed by atoms with Crippen LogP contribution in [0, 0.1) is 6.92 Å². The molecule has 1 aromatic heterocycles. The van der Waals surface area contributed by atoms with Crippen molar-refractivity contribution in [3.05, 3.63) is 23.7 Å². The van der Waals surface area contributed by atoms with Crippen LogP contribution in [-0.4, -0.2) is 34.6 Å². The van der Waals surface area contributed by atoms with E-state index in [-0.39, 0.29) is 24.5 Å². The van der Waals surface area contributed by atoms with E-state index in [0.29, 0.717) is 12.3 Å². The first-order chi connectivity index (χ1) is 8.47. The maximum absolute atomic E-state index is 11.8. The minimum Gasteiger partial charge on any atom is -0.481 e. The SMILES string of the molecule is Cc1ccc(C2CN(C(C)CC(=O)O)C(=O)N2)o1. The van der Waals surface area contributed by atoms with Crippen molar-refractivity contribution in [2.45, 2.75) is 32.4 Å². The summed E-state index contributed by atoms with van der Waals surface area (Å²) in [5.41, 5.74) is 0. The van der Waals surface area contributed by atoms with Crippen LogP contribution in [0.1, 0.15) is 30.9 Å². The number of carboxylic acids is 1. The van der Waals surface area contributed by atoms with Gasteiger partial charge in [0, 0.05) is 6.04 Å². The van der Waals surface area contributed by atoms with E-state index in [4.69, 9.17) is 9.52 Å². The molecule has 1 aliphatic heterocycles. The van der Waals surface area contributed by atoms with Crippen molar-refractivity contribution in [1.29, 1.82) is 0 Å². The standard InChI is InChI=1S/C12H16N2O4/c1-7(5-11(15)16)14-6-9(13-12(14)17)10-4-3-8(2)18-10/h3-4,7,9H,5-6H2,1-2H3,(H,13,17)(H,15,16). The zero-order valence-electron chi connectivity index (χ0n) is 10.3. The first-order valence-corrected chi connectivity index (χ1v) is 5.82. The molecule has 0 spiro atoms. The first kappa shape index (κ1) is 12.5. The third kappa shape index (κ3) is 2.47. The fourth-order valence-corrected chi connectivity index (χ4v) is 2.10. The molecule has 18 heavy (non-hydrogen) atoms. The normalized spacial score (nSPS) is 20.9. The topological polar surface area (TPSA) is 82.8 Å². The number of amides is 2. The fourth-order valence-electron chi connectivity index (χ4n) is 2.10. The van der Waals surface area contributed by atoms with E-state index < -0.39 is 5.97 Å². The highest BCUT2D eigenvalue weighted by atomic mass is 16.4. The number of furan rings is 1. The van der Waals surface area contributed by atoms with E-state index in [9.17, 15) is 9.59 Å². The van der Waals surface area contributed by atoms with Crippen molar-refractivity contribution in [3.8, 4) is 0 Å². The van der Waals surface area contributed by atoms with Gasteiger partial charge < -0.3 is 19.7 Å². The molecule has 1 aromatic rings. The lowest BCUT2D eigenvalue weighted by Gasteiger charge is -2.21. The summed E-state index contributed by atoms with van der Waals surface area (Å²) in [7, 11) is 0. The summed E-state index contributed by atoms with van der Waals surface area (Å²) in [5, 5.41) is 11.5. The van der Waals surface area contributed by atoms with Crippen LogP contribution in [-0.2, 0) is 4.79 Å². The van der Waals surface area contributed by atoms with Crippen LogP contribution in [0.2, 0.25) is 0 Å². The van der Waals surface area contributed by atoms with Gasteiger partial charge in [0.1, 0.15) is 17.6 Å². The Morgan fingerprint density at radius 2 is 2.39 bits per heavy atom. The largest absolute Gasteiger partial charge is 0.481 e. The van der Waals surface area contributed by atoms with Gasteiger partial charge >= 0.3 is 12.0 Å². The van der Waals surface area contributed by atoms with Gasteiger partial charge in [-0.25, -0.2) is 4.79 Å². The van der Waals surface area contributed by atoms with E-state index in [1.807, 2.05) is 19.1 Å². The predicted molar refractivity (Wildman–Crippen MR) is 63.1 cm³/mol. The summed E-state index contributed by atoms with van der Waals surface area (Å²) < 4.78 is 5.47. The Bertz CT molecular complexity index is 468. The third-order valence-electron chi connectivity index (χ3n) is 3.04. The minimum absolute atomic E-state index is 0.0582. The maximum Gasteiger partial charge on any atom is 0.318 e. The van der Waals surface area contributed by atoms with E-state index in [2.05, 4.69) is 5.32 Å². The summed E-state index contributed by atoms with van der Waals surface area (Å²) in [4.78, 5) is 23.9. The van der Waals surface area contributed by atoms with Gasteiger partial charge in [-0.15, -0.1) is 0 Å². The number of hydrogen-bond donors (Lipinski definition) is 2. The molecule has 2 atom stereocenters. The molecule has 2 heterocycles. The molecule has 1 saturated heterocycles. The zero-order chi connectivity index (χ0) is 13.3. The van der Waals surface area contributed by atoms with E-state index in [1.165, 1.54) is 4.90 Å². The molecular formula is C12H16N2O4. The van der Waals surface area contributed by atoms with Crippen LogP contribution in [0.5, 0.6) is 0 Å². The van der Waals surface area contributed by atoms with Crippen LogP contribution in [0.15, 0.2) is 16.5 Å². The highest BCUT2D eigenvalue weighted by Crippen LogP contribution is 2.24. The summed E-state index contributed by atoms with van der Waals surface area (Å²) in [6, 6.07) is 2.88. The average Bonchev–Trinajstić information content (AvgIpc) is 2.83. The fraction of sp³-hybridized carbons (Fsp3) is 0.500. The molecule has 2 amide bonds. The number of nitrogens with one attached hydrogen (secondary N) is 1. The first-order valence-electron chi connectivity index (χ1n) is 5.82. The Morgan fingerprint density at radius 1 is 1.67 bits per heavy atom. The van der Waals surface area contributed by atoms with Gasteiger partial charge in [0.05, 0.1) is 13.0 Å². The Hall–Kier alpha value is -1.98. The van der Waals surface area contributed by atoms with Crippen LogP contribution in [0.3, 0.4) is 0 Å². The van der Waals surface area contributed by atoms with E-state index >= 15 is 0 Å². The van der Waals surface area contributed by atoms with Crippen molar-refractivity contribution in [3.63, 3.8) is 0 Å². The predicted octanol–water partition coefficient (Wildman–Crippen LogP) is 1.52. The summed E-state index contributed by atoms with van der Waals surface area (Å²) >= 11 is 0. The number of hydrogen-bond acceptors (Lipinski definition) is 3. The molecule has 0 bridgehead atoms. The van der Waals surface area contributed by atoms with Crippen molar-refractivity contribution in [2.75, 3.05) is 6.54 Å². The number of nitrogens with zero attached hydrogens (tertiary/aromatic N) is 1. The van der Waals surface area contributed by atoms with Gasteiger partial charge in [-0.3, -0.25) is 4.79 Å². The molecule has 0 aromatic carbocycles. The lowest BCUT2D eigenvalue weighted by molar-refractivity contribution is -0.137. The second kappa shape index (κ2) is 4.72. The number of carboxylic acid groups (broad SMARTS) is 1. The lowest BCUT2D eigenvalue weighted by Crippen LogP contribution is -2.37. The maximum atomic E-state index is 11.8. The third-order valence-corrected chi connectivity index (χ3v) is 3.04. The summed E-state index contributed by atoms with van der Waals surface area (Å²) in [6.45, 7) is 3.99. The quantitative estimate of drug-likeness (QED) is 0.851. The van der Waals surface area contributed by atoms with Crippen molar-refractivity contribution >= 4 is 12.0 Å². The second-order valence-corrected chi connectivity index (χ2v) is 4.55. The highest BCUT2D eigenvalue weighted by Gasteiger charge is 2.34. The van der Waals surface area contributed by atoms with Crippen LogP contribution in [0.4, 0.5) is 4.79 Å². The van der Waals surface area contributed by atoms with Crippen LogP contribution in [0.25, 0.3) is 0 Å². The lowest BCUT2D eigenvalue weighted by atomic mass is 10.2. The van der Waals surface area contributed by atoms with Crippen LogP contribution < -0.4 is 5.32 Å². The molecule has 0 saturated carbocycles. The van der Waals surface area contributed by atoms with Gasteiger partial charge in [-0.05, 0) is 26.0 Å². The van der Waals surface area contributed by atoms with Gasteiger partial charge in [0.25, 0.3) is 0 Å². The number of carbonyl (C=O) groups excluding carboxylic acids is 1. The molecule has 6 heteroatoms. The number of urea groups is 1. The van der Waals surface area contributed by atoms with Crippen molar-refractivity contribution in [1.82, 2.24) is 10.2 Å². The van der Waals surface area contributed by atoms with E-state index in [0.717, 1.165) is 5.76 Å². The molecule has 2 rings (SSSR count). The van der Waals surface area contributed by atoms with Gasteiger partial charge in [0.2, 0.25) is 0 Å². The van der Waals surface area contributed by atoms with Crippen molar-refractivity contribution in [2.24, 2.45) is 0 Å². The second-order valence-electron chi connectivity index (χ2n) is 4.55. The molecular weight excluding hydrogens is 236 g/mol. The smallest absolute Gasteiger partial charge is 0.318 e. The minimum atomic E-state index is -0.910. The van der Waals surface area contributed by atoms with Gasteiger partial charge in [-0.2, -0.15) is 0 Å². The number of aryl methyl sites for hydroxylation is 1. The van der Waals surface area contributed by atoms with Crippen LogP contribution >= 0.6 is 0 Å². The average molecular weight is 252 g/mol. The molecule has 2 unspecified atom stereocenters. The molecule has 1 fully saturated rings. The highest BCUT2D eigenvalue weighted by molar-refractivity contribution is 5.78. The monoisotopic (exact) mass is 252 g/mol. The molecule has 0 radical (unpaired) electrons. The van der Waals surface area contributed by atoms with Crippen molar-refractivity contribution < 1.29 is 19.1 Å². The number of aliphatic carboxylic acids is 1. The van der Waals surface area contributed by atoms with E-state index in [1.54, 1.807) is 6.92 Å². The Balaban J connectivity index is 2.04. The molecule has 2 N–H and O–H groups in total. The molecule has 0 aliphatic carbocycles. The molecule has 1 aliphatic rings. The van der Waals surface area contributed by atoms with Gasteiger partial charge in [-0.1, -0.05) is 0 Å². The van der Waals surface area contributed by atoms with Gasteiger partial charge in [0.15, 0.2) is 0 Å². The molecule has 98 valence electrons. The Morgan fingerprint density at radius 3 is 2.94 bits per heavy atom. The summed E-state index contributed by atoms with van der Waals surface area (Å²) in [5.74, 6) is 0.578. The number of carbonyl (C=O) groups is 2. The Kier molecular flexibility index (Phi) is 3.27. The Labute approximate surface area is 105 Å². The number of rotatable bonds is 4. The zero-order valence-corrected chi connectivity index (χ0v) is 10.3. The summed E-state index contributed by atoms with van der Waals surface area (Å²) in [6.07, 6.45) is -0.0582.